The van der Waals surface area contributed by atoms with Crippen LogP contribution in [0.2, 0.25) is 0 Å². The zero-order valence-corrected chi connectivity index (χ0v) is 18.7. The highest BCUT2D eigenvalue weighted by atomic mass is 16.5. The number of hydrogen-bond acceptors (Lipinski definition) is 5. The number of aromatic amines is 1. The first kappa shape index (κ1) is 21.2. The van der Waals surface area contributed by atoms with E-state index in [2.05, 4.69) is 36.3 Å². The summed E-state index contributed by atoms with van der Waals surface area (Å²) in [5.41, 5.74) is 3.15. The van der Waals surface area contributed by atoms with Crippen molar-refractivity contribution in [1.29, 1.82) is 0 Å². The lowest BCUT2D eigenvalue weighted by Crippen LogP contribution is -2.44. The molecule has 1 saturated heterocycles. The molecule has 2 N–H and O–H groups in total. The summed E-state index contributed by atoms with van der Waals surface area (Å²) in [6.45, 7) is 5.38. The van der Waals surface area contributed by atoms with Gasteiger partial charge < -0.3 is 15.0 Å². The van der Waals surface area contributed by atoms with Crippen molar-refractivity contribution in [3.05, 3.63) is 60.9 Å². The normalized spacial score (nSPS) is 15.1. The zero-order chi connectivity index (χ0) is 22.6. The molecule has 2 aromatic heterocycles. The van der Waals surface area contributed by atoms with Crippen molar-refractivity contribution in [1.82, 2.24) is 30.2 Å². The number of carbonyl (C=O) groups excluding carboxylic acids is 1. The Balaban J connectivity index is 1.18. The molecule has 3 heterocycles. The number of nitrogens with zero attached hydrogens (tertiary/aromatic N) is 4. The van der Waals surface area contributed by atoms with Gasteiger partial charge in [-0.3, -0.25) is 14.6 Å². The average Bonchev–Trinajstić information content (AvgIpc) is 3.49. The molecule has 0 spiro atoms. The van der Waals surface area contributed by atoms with E-state index in [1.807, 2.05) is 48.7 Å². The highest BCUT2D eigenvalue weighted by Crippen LogP contribution is 2.27. The van der Waals surface area contributed by atoms with Gasteiger partial charge in [0.25, 0.3) is 0 Å². The van der Waals surface area contributed by atoms with Crippen molar-refractivity contribution in [2.24, 2.45) is 0 Å². The minimum atomic E-state index is 0.0611. The van der Waals surface area contributed by atoms with Crippen LogP contribution in [0.5, 0.6) is 11.5 Å². The molecule has 4 aromatic rings. The molecule has 0 saturated carbocycles. The van der Waals surface area contributed by atoms with Gasteiger partial charge in [-0.15, -0.1) is 0 Å². The maximum absolute atomic E-state index is 11.2. The number of ether oxygens (including phenoxy) is 1. The molecule has 170 valence electrons. The first-order chi connectivity index (χ1) is 16.1. The summed E-state index contributed by atoms with van der Waals surface area (Å²) in [5.74, 6) is 1.63. The van der Waals surface area contributed by atoms with Gasteiger partial charge in [-0.25, -0.2) is 0 Å². The van der Waals surface area contributed by atoms with Crippen LogP contribution in [0.15, 0.2) is 60.9 Å². The molecule has 1 aliphatic heterocycles. The Bertz CT molecular complexity index is 1210. The van der Waals surface area contributed by atoms with Crippen LogP contribution in [0.4, 0.5) is 0 Å². The number of benzene rings is 2. The SMILES string of the molecule is CC(=O)NC1CCN(CCn2ncc3cc(Oc4ccc(-c5ccn[nH]5)cc4)ccc32)CC1. The van der Waals surface area contributed by atoms with Crippen LogP contribution in [0.1, 0.15) is 19.8 Å². The fourth-order valence-electron chi connectivity index (χ4n) is 4.39. The van der Waals surface area contributed by atoms with Gasteiger partial charge in [0.2, 0.25) is 5.91 Å². The number of aromatic nitrogens is 4. The third kappa shape index (κ3) is 5.06. The van der Waals surface area contributed by atoms with Gasteiger partial charge in [-0.2, -0.15) is 10.2 Å². The number of carbonyl (C=O) groups is 1. The van der Waals surface area contributed by atoms with E-state index in [1.165, 1.54) is 0 Å². The quantitative estimate of drug-likeness (QED) is 0.452. The van der Waals surface area contributed by atoms with Crippen molar-refractivity contribution >= 4 is 16.8 Å². The van der Waals surface area contributed by atoms with Crippen molar-refractivity contribution in [3.8, 4) is 22.8 Å². The van der Waals surface area contributed by atoms with Crippen molar-refractivity contribution in [2.75, 3.05) is 19.6 Å². The first-order valence-corrected chi connectivity index (χ1v) is 11.4. The smallest absolute Gasteiger partial charge is 0.217 e. The van der Waals surface area contributed by atoms with Gasteiger partial charge in [0.05, 0.1) is 24.0 Å². The predicted molar refractivity (Wildman–Crippen MR) is 127 cm³/mol. The van der Waals surface area contributed by atoms with Gasteiger partial charge in [-0.1, -0.05) is 0 Å². The van der Waals surface area contributed by atoms with Gasteiger partial charge in [0.15, 0.2) is 0 Å². The van der Waals surface area contributed by atoms with E-state index < -0.39 is 0 Å². The number of rotatable bonds is 7. The fourth-order valence-corrected chi connectivity index (χ4v) is 4.39. The van der Waals surface area contributed by atoms with Gasteiger partial charge in [0, 0.05) is 44.2 Å². The summed E-state index contributed by atoms with van der Waals surface area (Å²) in [4.78, 5) is 13.7. The van der Waals surface area contributed by atoms with Crippen LogP contribution in [0.3, 0.4) is 0 Å². The van der Waals surface area contributed by atoms with Crippen molar-refractivity contribution in [3.63, 3.8) is 0 Å². The topological polar surface area (TPSA) is 88.1 Å². The Hall–Kier alpha value is -3.65. The second kappa shape index (κ2) is 9.46. The second-order valence-electron chi connectivity index (χ2n) is 8.50. The Labute approximate surface area is 192 Å². The highest BCUT2D eigenvalue weighted by molar-refractivity contribution is 5.80. The Morgan fingerprint density at radius 1 is 1.09 bits per heavy atom. The number of nitrogens with one attached hydrogen (secondary N) is 2. The summed E-state index contributed by atoms with van der Waals surface area (Å²) in [6, 6.07) is 16.3. The Morgan fingerprint density at radius 3 is 2.61 bits per heavy atom. The number of H-pyrrole nitrogens is 1. The number of hydrogen-bond donors (Lipinski definition) is 2. The number of amides is 1. The summed E-state index contributed by atoms with van der Waals surface area (Å²) < 4.78 is 8.11. The Morgan fingerprint density at radius 2 is 1.88 bits per heavy atom. The molecule has 1 fully saturated rings. The van der Waals surface area contributed by atoms with Crippen LogP contribution >= 0.6 is 0 Å². The molecule has 1 amide bonds. The highest BCUT2D eigenvalue weighted by Gasteiger charge is 2.19. The molecule has 0 bridgehead atoms. The second-order valence-corrected chi connectivity index (χ2v) is 8.50. The van der Waals surface area contributed by atoms with Crippen molar-refractivity contribution < 1.29 is 9.53 Å². The molecule has 5 rings (SSSR count). The van der Waals surface area contributed by atoms with Crippen LogP contribution < -0.4 is 10.1 Å². The van der Waals surface area contributed by atoms with Crippen LogP contribution in [0.25, 0.3) is 22.2 Å². The molecule has 0 unspecified atom stereocenters. The standard InChI is InChI=1S/C25H28N6O2/c1-18(32)28-21-9-12-30(13-10-21)14-15-31-25-7-6-23(16-20(25)17-27-31)33-22-4-2-19(3-5-22)24-8-11-26-29-24/h2-8,11,16-17,21H,9-10,12-15H2,1H3,(H,26,29)(H,28,32). The maximum Gasteiger partial charge on any atom is 0.217 e. The molecular weight excluding hydrogens is 416 g/mol. The summed E-state index contributed by atoms with van der Waals surface area (Å²) >= 11 is 0. The average molecular weight is 445 g/mol. The van der Waals surface area contributed by atoms with E-state index >= 15 is 0 Å². The molecule has 2 aromatic carbocycles. The largest absolute Gasteiger partial charge is 0.457 e. The van der Waals surface area contributed by atoms with E-state index in [9.17, 15) is 4.79 Å². The minimum absolute atomic E-state index is 0.0611. The van der Waals surface area contributed by atoms with E-state index in [0.717, 1.165) is 72.7 Å². The Kier molecular flexibility index (Phi) is 6.08. The fraction of sp³-hybridized carbons (Fsp3) is 0.320. The van der Waals surface area contributed by atoms with Crippen LogP contribution in [-0.4, -0.2) is 56.5 Å². The number of likely N-dealkylation sites (tertiary alicyclic amines) is 1. The molecular formula is C25H28N6O2. The van der Waals surface area contributed by atoms with E-state index in [-0.39, 0.29) is 5.91 Å². The molecule has 33 heavy (non-hydrogen) atoms. The summed E-state index contributed by atoms with van der Waals surface area (Å²) in [5, 5.41) is 15.6. The van der Waals surface area contributed by atoms with E-state index in [1.54, 1.807) is 13.1 Å². The lowest BCUT2D eigenvalue weighted by Gasteiger charge is -2.32. The monoisotopic (exact) mass is 444 g/mol. The lowest BCUT2D eigenvalue weighted by molar-refractivity contribution is -0.119. The third-order valence-corrected chi connectivity index (χ3v) is 6.14. The van der Waals surface area contributed by atoms with Gasteiger partial charge >= 0.3 is 0 Å². The number of piperidine rings is 1. The van der Waals surface area contributed by atoms with Crippen LogP contribution in [0, 0.1) is 0 Å². The molecule has 0 radical (unpaired) electrons. The first-order valence-electron chi connectivity index (χ1n) is 11.4. The van der Waals surface area contributed by atoms with E-state index in [4.69, 9.17) is 4.74 Å². The summed E-state index contributed by atoms with van der Waals surface area (Å²) in [7, 11) is 0. The zero-order valence-electron chi connectivity index (χ0n) is 18.7. The molecule has 8 heteroatoms. The molecule has 1 aliphatic rings. The maximum atomic E-state index is 11.2. The lowest BCUT2D eigenvalue weighted by atomic mass is 10.1. The molecule has 0 atom stereocenters. The van der Waals surface area contributed by atoms with Gasteiger partial charge in [0.1, 0.15) is 11.5 Å². The van der Waals surface area contributed by atoms with Gasteiger partial charge in [-0.05, 0) is 66.9 Å². The minimum Gasteiger partial charge on any atom is -0.457 e. The van der Waals surface area contributed by atoms with Crippen LogP contribution in [-0.2, 0) is 11.3 Å². The predicted octanol–water partition coefficient (Wildman–Crippen LogP) is 3.82. The van der Waals surface area contributed by atoms with Crippen molar-refractivity contribution in [2.45, 2.75) is 32.4 Å². The number of fused-ring (bicyclic) bond motifs is 1. The molecule has 8 nitrogen and oxygen atoms in total. The van der Waals surface area contributed by atoms with E-state index in [0.29, 0.717) is 6.04 Å². The summed E-state index contributed by atoms with van der Waals surface area (Å²) in [6.07, 6.45) is 5.64. The molecule has 0 aliphatic carbocycles. The third-order valence-electron chi connectivity index (χ3n) is 6.14.